The predicted molar refractivity (Wildman–Crippen MR) is 45.1 cm³/mol. The third-order valence-corrected chi connectivity index (χ3v) is 2.79. The van der Waals surface area contributed by atoms with Gasteiger partial charge in [-0.2, -0.15) is 0 Å². The highest BCUT2D eigenvalue weighted by Gasteiger charge is 2.47. The molecule has 0 N–H and O–H groups in total. The first-order chi connectivity index (χ1) is 5.80. The van der Waals surface area contributed by atoms with Crippen molar-refractivity contribution in [3.05, 3.63) is 11.8 Å². The zero-order valence-electron chi connectivity index (χ0n) is 7.01. The van der Waals surface area contributed by atoms with Crippen molar-refractivity contribution in [2.75, 3.05) is 0 Å². The Balaban J connectivity index is 2.23. The Hall–Kier alpha value is -0.570. The van der Waals surface area contributed by atoms with Crippen LogP contribution < -0.4 is 0 Å². The summed E-state index contributed by atoms with van der Waals surface area (Å²) in [7, 11) is 0. The highest BCUT2D eigenvalue weighted by atomic mass is 35.5. The lowest BCUT2D eigenvalue weighted by molar-refractivity contribution is 0.408. The lowest BCUT2D eigenvalue weighted by Crippen LogP contribution is -2.04. The second kappa shape index (κ2) is 2.73. The number of rotatable bonds is 3. The molecule has 12 heavy (non-hydrogen) atoms. The molecule has 1 aliphatic rings. The lowest BCUT2D eigenvalue weighted by atomic mass is 10.0. The molecular formula is C8H11ClN2O. The number of hydrogen-bond donors (Lipinski definition) is 0. The van der Waals surface area contributed by atoms with Crippen LogP contribution in [0.25, 0.3) is 0 Å². The fraction of sp³-hybridized carbons (Fsp3) is 0.750. The third-order valence-electron chi connectivity index (χ3n) is 2.57. The summed E-state index contributed by atoms with van der Waals surface area (Å²) >= 11 is 5.56. The Kier molecular flexibility index (Phi) is 1.83. The smallest absolute Gasteiger partial charge is 0.231 e. The number of halogens is 1. The number of hydrogen-bond acceptors (Lipinski definition) is 3. The van der Waals surface area contributed by atoms with Crippen molar-refractivity contribution in [3.63, 3.8) is 0 Å². The topological polar surface area (TPSA) is 38.9 Å². The molecule has 0 spiro atoms. The summed E-state index contributed by atoms with van der Waals surface area (Å²) in [5.74, 6) is 1.62. The van der Waals surface area contributed by atoms with E-state index in [1.807, 2.05) is 0 Å². The molecule has 0 unspecified atom stereocenters. The maximum absolute atomic E-state index is 5.56. The van der Waals surface area contributed by atoms with Gasteiger partial charge in [0, 0.05) is 5.41 Å². The molecule has 1 aromatic heterocycles. The van der Waals surface area contributed by atoms with E-state index < -0.39 is 0 Å². The van der Waals surface area contributed by atoms with Crippen LogP contribution in [0.2, 0.25) is 0 Å². The number of alkyl halides is 1. The van der Waals surface area contributed by atoms with Gasteiger partial charge in [-0.3, -0.25) is 0 Å². The largest absolute Gasteiger partial charge is 0.423 e. The number of aromatic nitrogens is 2. The molecule has 1 saturated carbocycles. The molecule has 66 valence electrons. The zero-order chi connectivity index (χ0) is 8.60. The van der Waals surface area contributed by atoms with Gasteiger partial charge < -0.3 is 4.42 Å². The molecule has 0 aromatic carbocycles. The lowest BCUT2D eigenvalue weighted by Gasteiger charge is -2.03. The molecule has 2 rings (SSSR count). The predicted octanol–water partition coefficient (Wildman–Crippen LogP) is 2.25. The van der Waals surface area contributed by atoms with Gasteiger partial charge in [0.15, 0.2) is 0 Å². The molecule has 3 nitrogen and oxygen atoms in total. The van der Waals surface area contributed by atoms with Crippen LogP contribution in [-0.4, -0.2) is 10.2 Å². The van der Waals surface area contributed by atoms with E-state index in [1.54, 1.807) is 0 Å². The first-order valence-electron chi connectivity index (χ1n) is 4.19. The molecule has 0 atom stereocenters. The molecule has 0 bridgehead atoms. The average Bonchev–Trinajstić information content (AvgIpc) is 2.77. The van der Waals surface area contributed by atoms with Gasteiger partial charge in [0.2, 0.25) is 11.8 Å². The Morgan fingerprint density at radius 3 is 2.67 bits per heavy atom. The van der Waals surface area contributed by atoms with Gasteiger partial charge in [0.25, 0.3) is 0 Å². The minimum Gasteiger partial charge on any atom is -0.423 e. The fourth-order valence-corrected chi connectivity index (χ4v) is 1.50. The quantitative estimate of drug-likeness (QED) is 0.680. The highest BCUT2D eigenvalue weighted by molar-refractivity contribution is 6.16. The van der Waals surface area contributed by atoms with Crippen molar-refractivity contribution >= 4 is 11.6 Å². The van der Waals surface area contributed by atoms with E-state index in [0.717, 1.165) is 12.3 Å². The average molecular weight is 187 g/mol. The molecule has 1 aliphatic carbocycles. The summed E-state index contributed by atoms with van der Waals surface area (Å²) in [4.78, 5) is 0. The van der Waals surface area contributed by atoms with Crippen molar-refractivity contribution in [2.24, 2.45) is 0 Å². The van der Waals surface area contributed by atoms with Gasteiger partial charge >= 0.3 is 0 Å². The fourth-order valence-electron chi connectivity index (χ4n) is 1.39. The Morgan fingerprint density at radius 1 is 1.50 bits per heavy atom. The van der Waals surface area contributed by atoms with Crippen LogP contribution in [0.4, 0.5) is 0 Å². The summed E-state index contributed by atoms with van der Waals surface area (Å²) in [6.07, 6.45) is 3.43. The number of nitrogens with zero attached hydrogens (tertiary/aromatic N) is 2. The molecule has 0 aliphatic heterocycles. The molecular weight excluding hydrogens is 176 g/mol. The van der Waals surface area contributed by atoms with Crippen molar-refractivity contribution in [1.82, 2.24) is 10.2 Å². The first kappa shape index (κ1) is 8.05. The minimum atomic E-state index is 0.206. The van der Waals surface area contributed by atoms with Crippen LogP contribution in [0, 0.1) is 0 Å². The van der Waals surface area contributed by atoms with E-state index in [-0.39, 0.29) is 5.41 Å². The molecule has 4 heteroatoms. The summed E-state index contributed by atoms with van der Waals surface area (Å²) in [6, 6.07) is 0. The summed E-state index contributed by atoms with van der Waals surface area (Å²) in [5, 5.41) is 7.83. The zero-order valence-corrected chi connectivity index (χ0v) is 7.76. The van der Waals surface area contributed by atoms with Crippen LogP contribution in [0.1, 0.15) is 38.0 Å². The minimum absolute atomic E-state index is 0.206. The highest BCUT2D eigenvalue weighted by Crippen LogP contribution is 2.50. The van der Waals surface area contributed by atoms with E-state index >= 15 is 0 Å². The molecule has 0 amide bonds. The Labute approximate surface area is 76.1 Å². The normalized spacial score (nSPS) is 19.5. The molecule has 0 radical (unpaired) electrons. The van der Waals surface area contributed by atoms with Crippen LogP contribution in [0.3, 0.4) is 0 Å². The molecule has 0 saturated heterocycles. The third kappa shape index (κ3) is 1.12. The van der Waals surface area contributed by atoms with E-state index in [4.69, 9.17) is 16.0 Å². The maximum Gasteiger partial charge on any atom is 0.231 e. The first-order valence-corrected chi connectivity index (χ1v) is 4.73. The molecule has 1 aromatic rings. The van der Waals surface area contributed by atoms with Gasteiger partial charge in [-0.25, -0.2) is 0 Å². The van der Waals surface area contributed by atoms with Gasteiger partial charge in [0.1, 0.15) is 5.88 Å². The Bertz CT molecular complexity index is 280. The second-order valence-corrected chi connectivity index (χ2v) is 3.54. The summed E-state index contributed by atoms with van der Waals surface area (Å²) in [6.45, 7) is 2.15. The standard InChI is InChI=1S/C8H11ClN2O/c1-2-8(3-4-8)7-11-10-6(5-9)12-7/h2-5H2,1H3. The van der Waals surface area contributed by atoms with Crippen molar-refractivity contribution < 1.29 is 4.42 Å². The van der Waals surface area contributed by atoms with Crippen LogP contribution in [0.15, 0.2) is 4.42 Å². The summed E-state index contributed by atoms with van der Waals surface area (Å²) in [5.41, 5.74) is 0.206. The van der Waals surface area contributed by atoms with Crippen LogP contribution in [0.5, 0.6) is 0 Å². The van der Waals surface area contributed by atoms with E-state index in [0.29, 0.717) is 11.8 Å². The van der Waals surface area contributed by atoms with E-state index in [9.17, 15) is 0 Å². The Morgan fingerprint density at radius 2 is 2.25 bits per heavy atom. The van der Waals surface area contributed by atoms with Crippen LogP contribution >= 0.6 is 11.6 Å². The second-order valence-electron chi connectivity index (χ2n) is 3.27. The van der Waals surface area contributed by atoms with Crippen molar-refractivity contribution in [3.8, 4) is 0 Å². The van der Waals surface area contributed by atoms with Crippen LogP contribution in [-0.2, 0) is 11.3 Å². The monoisotopic (exact) mass is 186 g/mol. The maximum atomic E-state index is 5.56. The van der Waals surface area contributed by atoms with Gasteiger partial charge in [0.05, 0.1) is 0 Å². The SMILES string of the molecule is CCC1(c2nnc(CCl)o2)CC1. The summed E-state index contributed by atoms with van der Waals surface area (Å²) < 4.78 is 5.40. The molecule has 1 fully saturated rings. The van der Waals surface area contributed by atoms with E-state index in [2.05, 4.69) is 17.1 Å². The van der Waals surface area contributed by atoms with Gasteiger partial charge in [-0.15, -0.1) is 21.8 Å². The van der Waals surface area contributed by atoms with Gasteiger partial charge in [-0.05, 0) is 19.3 Å². The van der Waals surface area contributed by atoms with E-state index in [1.165, 1.54) is 12.8 Å². The van der Waals surface area contributed by atoms with Crippen molar-refractivity contribution in [1.29, 1.82) is 0 Å². The van der Waals surface area contributed by atoms with Gasteiger partial charge in [-0.1, -0.05) is 6.92 Å². The van der Waals surface area contributed by atoms with Crippen molar-refractivity contribution in [2.45, 2.75) is 37.5 Å². The molecule has 1 heterocycles.